The summed E-state index contributed by atoms with van der Waals surface area (Å²) in [6.07, 6.45) is 1.69. The van der Waals surface area contributed by atoms with Gasteiger partial charge in [-0.25, -0.2) is 4.79 Å². The highest BCUT2D eigenvalue weighted by Gasteiger charge is 2.34. The van der Waals surface area contributed by atoms with Gasteiger partial charge in [0.1, 0.15) is 6.61 Å². The van der Waals surface area contributed by atoms with Gasteiger partial charge in [-0.05, 0) is 36.6 Å². The van der Waals surface area contributed by atoms with Crippen LogP contribution >= 0.6 is 11.8 Å². The minimum absolute atomic E-state index is 0.0737. The Morgan fingerprint density at radius 3 is 2.68 bits per heavy atom. The molecule has 0 aliphatic carbocycles. The first kappa shape index (κ1) is 17.0. The summed E-state index contributed by atoms with van der Waals surface area (Å²) in [6.45, 7) is 0.589. The number of amides is 1. The smallest absolute Gasteiger partial charge is 0.441 e. The Labute approximate surface area is 131 Å². The van der Waals surface area contributed by atoms with E-state index in [9.17, 15) is 18.0 Å². The molecule has 0 spiro atoms. The summed E-state index contributed by atoms with van der Waals surface area (Å²) >= 11 is -0.0737. The molecule has 0 saturated carbocycles. The van der Waals surface area contributed by atoms with Crippen LogP contribution in [0.2, 0.25) is 0 Å². The molecule has 7 heteroatoms. The van der Waals surface area contributed by atoms with Gasteiger partial charge < -0.3 is 9.64 Å². The first-order chi connectivity index (χ1) is 10.5. The van der Waals surface area contributed by atoms with Gasteiger partial charge in [0, 0.05) is 18.3 Å². The molecule has 1 aliphatic heterocycles. The molecule has 1 fully saturated rings. The lowest BCUT2D eigenvalue weighted by atomic mass is 10.0. The Hall–Kier alpha value is -1.37. The summed E-state index contributed by atoms with van der Waals surface area (Å²) in [5.41, 5.74) is -3.41. The van der Waals surface area contributed by atoms with E-state index < -0.39 is 17.6 Å². The van der Waals surface area contributed by atoms with Gasteiger partial charge in [-0.15, -0.1) is 0 Å². The van der Waals surface area contributed by atoms with Crippen LogP contribution in [0.1, 0.15) is 24.8 Å². The zero-order valence-electron chi connectivity index (χ0n) is 12.0. The summed E-state index contributed by atoms with van der Waals surface area (Å²) in [7, 11) is 0. The van der Waals surface area contributed by atoms with E-state index in [1.165, 1.54) is 4.90 Å². The van der Waals surface area contributed by atoms with Crippen LogP contribution in [0.5, 0.6) is 0 Å². The number of alkyl halides is 3. The van der Waals surface area contributed by atoms with Crippen molar-refractivity contribution >= 4 is 17.9 Å². The van der Waals surface area contributed by atoms with Gasteiger partial charge in [-0.3, -0.25) is 0 Å². The number of rotatable bonds is 4. The summed E-state index contributed by atoms with van der Waals surface area (Å²) in [5, 5.41) is 0. The molecular formula is C15H18F3NO2S. The second kappa shape index (κ2) is 7.76. The molecule has 1 aromatic rings. The third-order valence-electron chi connectivity index (χ3n) is 3.51. The number of piperidine rings is 1. The van der Waals surface area contributed by atoms with Crippen molar-refractivity contribution in [1.82, 2.24) is 4.90 Å². The predicted molar refractivity (Wildman–Crippen MR) is 79.5 cm³/mol. The normalized spacial score (nSPS) is 19.0. The fraction of sp³-hybridized carbons (Fsp3) is 0.533. The third kappa shape index (κ3) is 5.44. The minimum atomic E-state index is -4.27. The molecular weight excluding hydrogens is 315 g/mol. The van der Waals surface area contributed by atoms with Gasteiger partial charge in [0.25, 0.3) is 0 Å². The minimum Gasteiger partial charge on any atom is -0.445 e. The second-order valence-corrected chi connectivity index (χ2v) is 6.22. The predicted octanol–water partition coefficient (Wildman–Crippen LogP) is 4.43. The van der Waals surface area contributed by atoms with E-state index in [1.807, 2.05) is 30.3 Å². The maximum absolute atomic E-state index is 12.3. The number of ether oxygens (including phenoxy) is 1. The van der Waals surface area contributed by atoms with Crippen LogP contribution in [0.15, 0.2) is 30.3 Å². The van der Waals surface area contributed by atoms with Crippen LogP contribution < -0.4 is 0 Å². The topological polar surface area (TPSA) is 29.5 Å². The van der Waals surface area contributed by atoms with Crippen LogP contribution in [0.3, 0.4) is 0 Å². The van der Waals surface area contributed by atoms with Crippen molar-refractivity contribution in [2.75, 3.05) is 12.3 Å². The van der Waals surface area contributed by atoms with Crippen LogP contribution in [-0.2, 0) is 11.3 Å². The lowest BCUT2D eigenvalue weighted by Gasteiger charge is -2.34. The number of hydrogen-bond acceptors (Lipinski definition) is 3. The molecule has 1 saturated heterocycles. The number of likely N-dealkylation sites (tertiary alicyclic amines) is 1. The van der Waals surface area contributed by atoms with Crippen molar-refractivity contribution in [3.8, 4) is 0 Å². The van der Waals surface area contributed by atoms with E-state index in [-0.39, 0.29) is 24.1 Å². The van der Waals surface area contributed by atoms with Crippen molar-refractivity contribution in [1.29, 1.82) is 0 Å². The number of halogens is 3. The number of carbonyl (C=O) groups excluding carboxylic acids is 1. The third-order valence-corrected chi connectivity index (χ3v) is 4.38. The molecule has 1 aliphatic rings. The summed E-state index contributed by atoms with van der Waals surface area (Å²) < 4.78 is 42.2. The van der Waals surface area contributed by atoms with Gasteiger partial charge in [-0.1, -0.05) is 30.3 Å². The molecule has 1 unspecified atom stereocenters. The van der Waals surface area contributed by atoms with E-state index in [2.05, 4.69) is 0 Å². The zero-order chi connectivity index (χ0) is 16.0. The first-order valence-corrected chi connectivity index (χ1v) is 8.12. The first-order valence-electron chi connectivity index (χ1n) is 7.14. The number of thioether (sulfide) groups is 1. The molecule has 1 atom stereocenters. The highest BCUT2D eigenvalue weighted by Crippen LogP contribution is 2.33. The summed E-state index contributed by atoms with van der Waals surface area (Å²) in [6, 6.07) is 8.80. The number of benzene rings is 1. The Bertz CT molecular complexity index is 481. The fourth-order valence-corrected chi connectivity index (χ4v) is 3.14. The molecule has 0 bridgehead atoms. The van der Waals surface area contributed by atoms with Crippen LogP contribution in [0, 0.1) is 0 Å². The maximum atomic E-state index is 12.3. The lowest BCUT2D eigenvalue weighted by molar-refractivity contribution is -0.0333. The SMILES string of the molecule is O=C(OCc1ccccc1)N1CCCCC1CSC(F)(F)F. The molecule has 1 amide bonds. The Morgan fingerprint density at radius 1 is 1.27 bits per heavy atom. The summed E-state index contributed by atoms with van der Waals surface area (Å²) in [4.78, 5) is 13.6. The Morgan fingerprint density at radius 2 is 2.00 bits per heavy atom. The number of hydrogen-bond donors (Lipinski definition) is 0. The molecule has 0 radical (unpaired) electrons. The van der Waals surface area contributed by atoms with Gasteiger partial charge in [-0.2, -0.15) is 13.2 Å². The van der Waals surface area contributed by atoms with Crippen molar-refractivity contribution in [3.63, 3.8) is 0 Å². The quantitative estimate of drug-likeness (QED) is 0.816. The largest absolute Gasteiger partial charge is 0.445 e. The van der Waals surface area contributed by atoms with Gasteiger partial charge in [0.2, 0.25) is 0 Å². The van der Waals surface area contributed by atoms with E-state index in [0.717, 1.165) is 18.4 Å². The van der Waals surface area contributed by atoms with Crippen molar-refractivity contribution in [2.24, 2.45) is 0 Å². The Balaban J connectivity index is 1.87. The van der Waals surface area contributed by atoms with E-state index in [0.29, 0.717) is 13.0 Å². The van der Waals surface area contributed by atoms with Crippen LogP contribution in [0.4, 0.5) is 18.0 Å². The molecule has 22 heavy (non-hydrogen) atoms. The molecule has 0 aromatic heterocycles. The van der Waals surface area contributed by atoms with Gasteiger partial charge in [0.05, 0.1) is 0 Å². The van der Waals surface area contributed by atoms with E-state index in [4.69, 9.17) is 4.74 Å². The Kier molecular flexibility index (Phi) is 5.99. The maximum Gasteiger partial charge on any atom is 0.441 e. The molecule has 122 valence electrons. The standard InChI is InChI=1S/C15H18F3NO2S/c16-15(17,18)22-11-13-8-4-5-9-19(13)14(20)21-10-12-6-2-1-3-7-12/h1-3,6-7,13H,4-5,8-11H2. The molecule has 0 N–H and O–H groups in total. The second-order valence-electron chi connectivity index (χ2n) is 5.14. The molecule has 1 aromatic carbocycles. The van der Waals surface area contributed by atoms with Gasteiger partial charge >= 0.3 is 11.6 Å². The zero-order valence-corrected chi connectivity index (χ0v) is 12.8. The van der Waals surface area contributed by atoms with Gasteiger partial charge in [0.15, 0.2) is 0 Å². The lowest BCUT2D eigenvalue weighted by Crippen LogP contribution is -2.45. The molecule has 2 rings (SSSR count). The monoisotopic (exact) mass is 333 g/mol. The van der Waals surface area contributed by atoms with Crippen molar-refractivity contribution in [3.05, 3.63) is 35.9 Å². The average molecular weight is 333 g/mol. The molecule has 1 heterocycles. The number of nitrogens with zero attached hydrogens (tertiary/aromatic N) is 1. The van der Waals surface area contributed by atoms with Crippen LogP contribution in [-0.4, -0.2) is 34.8 Å². The summed E-state index contributed by atoms with van der Waals surface area (Å²) in [5.74, 6) is -0.135. The van der Waals surface area contributed by atoms with Crippen LogP contribution in [0.25, 0.3) is 0 Å². The molecule has 3 nitrogen and oxygen atoms in total. The highest BCUT2D eigenvalue weighted by atomic mass is 32.2. The van der Waals surface area contributed by atoms with E-state index >= 15 is 0 Å². The fourth-order valence-electron chi connectivity index (χ4n) is 2.41. The van der Waals surface area contributed by atoms with E-state index in [1.54, 1.807) is 0 Å². The highest BCUT2D eigenvalue weighted by molar-refractivity contribution is 8.00. The number of carbonyl (C=O) groups is 1. The average Bonchev–Trinajstić information content (AvgIpc) is 2.51. The van der Waals surface area contributed by atoms with Crippen molar-refractivity contribution < 1.29 is 22.7 Å². The van der Waals surface area contributed by atoms with Crippen molar-refractivity contribution in [2.45, 2.75) is 37.4 Å².